The van der Waals surface area contributed by atoms with Gasteiger partial charge in [0, 0.05) is 43.4 Å². The van der Waals surface area contributed by atoms with Gasteiger partial charge < -0.3 is 24.8 Å². The third kappa shape index (κ3) is 3.52. The lowest BCUT2D eigenvalue weighted by atomic mass is 10.0. The Morgan fingerprint density at radius 1 is 1.13 bits per heavy atom. The fraction of sp³-hybridized carbons (Fsp3) is 0.261. The number of anilines is 1. The Balaban J connectivity index is 1.88. The summed E-state index contributed by atoms with van der Waals surface area (Å²) < 4.78 is 20.0. The van der Waals surface area contributed by atoms with E-state index in [1.165, 1.54) is 12.1 Å². The fourth-order valence-corrected chi connectivity index (χ4v) is 3.78. The number of fused-ring (bicyclic) bond motifs is 2. The number of benzene rings is 2. The van der Waals surface area contributed by atoms with Gasteiger partial charge in [-0.15, -0.1) is 0 Å². The van der Waals surface area contributed by atoms with Crippen molar-refractivity contribution in [2.75, 3.05) is 25.6 Å². The second-order valence-corrected chi connectivity index (χ2v) is 7.22. The van der Waals surface area contributed by atoms with E-state index in [0.29, 0.717) is 37.0 Å². The van der Waals surface area contributed by atoms with E-state index < -0.39 is 0 Å². The van der Waals surface area contributed by atoms with Gasteiger partial charge in [-0.3, -0.25) is 4.98 Å². The Morgan fingerprint density at radius 3 is 2.60 bits per heavy atom. The molecule has 2 heterocycles. The van der Waals surface area contributed by atoms with Gasteiger partial charge >= 0.3 is 0 Å². The number of rotatable bonds is 7. The average Bonchev–Trinajstić information content (AvgIpc) is 3.07. The number of phenolic OH excluding ortho intramolecular Hbond substituents is 1. The summed E-state index contributed by atoms with van der Waals surface area (Å²) in [6.07, 6.45) is 4.10. The molecule has 4 aromatic rings. The highest BCUT2D eigenvalue weighted by atomic mass is 19.1. The van der Waals surface area contributed by atoms with Crippen molar-refractivity contribution in [3.8, 4) is 11.6 Å². The van der Waals surface area contributed by atoms with Crippen LogP contribution in [0.2, 0.25) is 0 Å². The molecule has 2 aromatic heterocycles. The number of aromatic nitrogens is 2. The lowest BCUT2D eigenvalue weighted by molar-refractivity contribution is 0.184. The SMILES string of the molecule is CCNc1c2cc(Cc3ccc(F)cc3)cnc2c(O)c2c(O)n(CCOC)cc12. The first kappa shape index (κ1) is 20.0. The molecular weight excluding hydrogens is 385 g/mol. The molecule has 156 valence electrons. The topological polar surface area (TPSA) is 79.5 Å². The van der Waals surface area contributed by atoms with E-state index in [1.54, 1.807) is 30.0 Å². The van der Waals surface area contributed by atoms with Crippen molar-refractivity contribution in [1.82, 2.24) is 9.55 Å². The first-order valence-electron chi connectivity index (χ1n) is 9.86. The zero-order chi connectivity index (χ0) is 21.3. The second-order valence-electron chi connectivity index (χ2n) is 7.22. The molecule has 0 amide bonds. The molecule has 0 atom stereocenters. The Kier molecular flexibility index (Phi) is 5.46. The zero-order valence-electron chi connectivity index (χ0n) is 16.9. The number of hydrogen-bond acceptors (Lipinski definition) is 5. The Bertz CT molecular complexity index is 1200. The average molecular weight is 409 g/mol. The van der Waals surface area contributed by atoms with Crippen molar-refractivity contribution < 1.29 is 19.3 Å². The summed E-state index contributed by atoms with van der Waals surface area (Å²) in [6, 6.07) is 8.36. The van der Waals surface area contributed by atoms with Crippen LogP contribution in [0.25, 0.3) is 21.7 Å². The number of halogens is 1. The second kappa shape index (κ2) is 8.20. The van der Waals surface area contributed by atoms with E-state index in [-0.39, 0.29) is 17.4 Å². The summed E-state index contributed by atoms with van der Waals surface area (Å²) in [5.74, 6) is -0.337. The van der Waals surface area contributed by atoms with E-state index in [4.69, 9.17) is 4.74 Å². The molecule has 30 heavy (non-hydrogen) atoms. The number of aromatic hydroxyl groups is 2. The molecule has 0 radical (unpaired) electrons. The maximum Gasteiger partial charge on any atom is 0.203 e. The van der Waals surface area contributed by atoms with Crippen LogP contribution in [0.4, 0.5) is 10.1 Å². The third-order valence-electron chi connectivity index (χ3n) is 5.21. The van der Waals surface area contributed by atoms with Crippen LogP contribution in [0.5, 0.6) is 11.6 Å². The molecule has 0 aliphatic heterocycles. The van der Waals surface area contributed by atoms with Crippen molar-refractivity contribution in [2.24, 2.45) is 0 Å². The van der Waals surface area contributed by atoms with Crippen LogP contribution >= 0.6 is 0 Å². The number of phenols is 1. The highest BCUT2D eigenvalue weighted by molar-refractivity contribution is 6.16. The summed E-state index contributed by atoms with van der Waals surface area (Å²) in [7, 11) is 1.60. The van der Waals surface area contributed by atoms with Gasteiger partial charge in [-0.1, -0.05) is 12.1 Å². The first-order chi connectivity index (χ1) is 14.5. The predicted octanol–water partition coefficient (Wildman–Crippen LogP) is 4.41. The molecule has 0 saturated heterocycles. The van der Waals surface area contributed by atoms with Gasteiger partial charge in [0.1, 0.15) is 11.3 Å². The number of hydrogen-bond donors (Lipinski definition) is 3. The number of ether oxygens (including phenoxy) is 1. The molecule has 4 rings (SSSR count). The van der Waals surface area contributed by atoms with Gasteiger partial charge in [0.25, 0.3) is 0 Å². The van der Waals surface area contributed by atoms with Crippen molar-refractivity contribution in [2.45, 2.75) is 19.9 Å². The lowest BCUT2D eigenvalue weighted by Gasteiger charge is -2.13. The van der Waals surface area contributed by atoms with E-state index in [9.17, 15) is 14.6 Å². The standard InChI is InChI=1S/C23H24FN3O3/c1-3-25-20-17-11-15(10-14-4-6-16(24)7-5-14)12-26-21(17)22(28)19-18(20)13-27(23(19)29)8-9-30-2/h4-7,11-13,25,28-29H,3,8-10H2,1-2H3. The maximum absolute atomic E-state index is 13.2. The van der Waals surface area contributed by atoms with E-state index in [2.05, 4.69) is 10.3 Å². The minimum atomic E-state index is -0.269. The molecule has 0 aliphatic carbocycles. The highest BCUT2D eigenvalue weighted by Crippen LogP contribution is 2.45. The molecule has 6 nitrogen and oxygen atoms in total. The molecular formula is C23H24FN3O3. The summed E-state index contributed by atoms with van der Waals surface area (Å²) in [6.45, 7) is 3.55. The van der Waals surface area contributed by atoms with Crippen LogP contribution in [0.3, 0.4) is 0 Å². The molecule has 0 unspecified atom stereocenters. The zero-order valence-corrected chi connectivity index (χ0v) is 16.9. The molecule has 3 N–H and O–H groups in total. The lowest BCUT2D eigenvalue weighted by Crippen LogP contribution is -2.01. The van der Waals surface area contributed by atoms with Crippen molar-refractivity contribution in [3.63, 3.8) is 0 Å². The van der Waals surface area contributed by atoms with Crippen molar-refractivity contribution >= 4 is 27.4 Å². The van der Waals surface area contributed by atoms with Gasteiger partial charge in [-0.25, -0.2) is 4.39 Å². The van der Waals surface area contributed by atoms with Gasteiger partial charge in [-0.05, 0) is 42.7 Å². The van der Waals surface area contributed by atoms with Crippen LogP contribution in [0.1, 0.15) is 18.1 Å². The van der Waals surface area contributed by atoms with Gasteiger partial charge in [0.05, 0.1) is 17.7 Å². The first-order valence-corrected chi connectivity index (χ1v) is 9.86. The highest BCUT2D eigenvalue weighted by Gasteiger charge is 2.21. The minimum Gasteiger partial charge on any atom is -0.505 e. The predicted molar refractivity (Wildman–Crippen MR) is 116 cm³/mol. The normalized spacial score (nSPS) is 11.4. The van der Waals surface area contributed by atoms with E-state index >= 15 is 0 Å². The quantitative estimate of drug-likeness (QED) is 0.394. The summed E-state index contributed by atoms with van der Waals surface area (Å²) in [5, 5.41) is 26.8. The van der Waals surface area contributed by atoms with Crippen molar-refractivity contribution in [1.29, 1.82) is 0 Å². The van der Waals surface area contributed by atoms with Crippen LogP contribution < -0.4 is 5.32 Å². The number of nitrogens with zero attached hydrogens (tertiary/aromatic N) is 2. The Labute approximate surface area is 173 Å². The van der Waals surface area contributed by atoms with Gasteiger partial charge in [0.15, 0.2) is 5.75 Å². The number of methoxy groups -OCH3 is 1. The molecule has 0 spiro atoms. The third-order valence-corrected chi connectivity index (χ3v) is 5.21. The smallest absolute Gasteiger partial charge is 0.203 e. The van der Waals surface area contributed by atoms with Crippen LogP contribution in [-0.4, -0.2) is 40.0 Å². The van der Waals surface area contributed by atoms with Crippen LogP contribution in [-0.2, 0) is 17.7 Å². The molecule has 0 bridgehead atoms. The van der Waals surface area contributed by atoms with Crippen LogP contribution in [0.15, 0.2) is 42.7 Å². The minimum absolute atomic E-state index is 0.0159. The molecule has 0 aliphatic rings. The summed E-state index contributed by atoms with van der Waals surface area (Å²) in [4.78, 5) is 4.49. The number of pyridine rings is 1. The molecule has 0 saturated carbocycles. The Morgan fingerprint density at radius 2 is 1.90 bits per heavy atom. The van der Waals surface area contributed by atoms with Gasteiger partial charge in [0.2, 0.25) is 5.88 Å². The maximum atomic E-state index is 13.2. The molecule has 2 aromatic carbocycles. The van der Waals surface area contributed by atoms with Crippen molar-refractivity contribution in [3.05, 3.63) is 59.7 Å². The fourth-order valence-electron chi connectivity index (χ4n) is 3.78. The molecule has 0 fully saturated rings. The largest absolute Gasteiger partial charge is 0.505 e. The van der Waals surface area contributed by atoms with Gasteiger partial charge in [-0.2, -0.15) is 0 Å². The summed E-state index contributed by atoms with van der Waals surface area (Å²) in [5.41, 5.74) is 3.13. The van der Waals surface area contributed by atoms with E-state index in [0.717, 1.165) is 27.6 Å². The summed E-state index contributed by atoms with van der Waals surface area (Å²) >= 11 is 0. The number of nitrogens with one attached hydrogen (secondary N) is 1. The van der Waals surface area contributed by atoms with E-state index in [1.807, 2.05) is 19.2 Å². The monoisotopic (exact) mass is 409 g/mol. The molecule has 7 heteroatoms. The van der Waals surface area contributed by atoms with Crippen LogP contribution in [0, 0.1) is 5.82 Å². The Hall–Kier alpha value is -3.32.